The topological polar surface area (TPSA) is 91.5 Å². The van der Waals surface area contributed by atoms with Crippen molar-refractivity contribution in [3.63, 3.8) is 0 Å². The predicted octanol–water partition coefficient (Wildman–Crippen LogP) is 4.52. The second kappa shape index (κ2) is 8.10. The van der Waals surface area contributed by atoms with Gasteiger partial charge in [0.15, 0.2) is 0 Å². The highest BCUT2D eigenvalue weighted by atomic mass is 16.6. The van der Waals surface area contributed by atoms with E-state index in [2.05, 4.69) is 5.10 Å². The van der Waals surface area contributed by atoms with Gasteiger partial charge < -0.3 is 9.64 Å². The lowest BCUT2D eigenvalue weighted by Gasteiger charge is -2.40. The number of carbonyl (C=O) groups is 2. The normalized spacial score (nSPS) is 17.3. The number of anilines is 2. The van der Waals surface area contributed by atoms with Gasteiger partial charge in [0, 0.05) is 25.2 Å². The Morgan fingerprint density at radius 2 is 1.94 bits per heavy atom. The standard InChI is InChI=1S/C25H23N5O3/c1-16-14-28(25(32)33-22-5-3-4-18(10-22)12-26)24-11-19(6-9-23(24)30(16)17(2)31)20-13-27-29(15-20)21-7-8-21/h3-6,9-11,13,15-16,21H,7-8,14H2,1-2H3/t16-/m0/s1. The van der Waals surface area contributed by atoms with Crippen molar-refractivity contribution in [2.75, 3.05) is 16.3 Å². The van der Waals surface area contributed by atoms with Gasteiger partial charge in [0.05, 0.1) is 41.3 Å². The maximum atomic E-state index is 13.2. The number of rotatable bonds is 3. The lowest BCUT2D eigenvalue weighted by atomic mass is 10.0. The van der Waals surface area contributed by atoms with Crippen LogP contribution in [0.1, 0.15) is 38.3 Å². The van der Waals surface area contributed by atoms with Crippen molar-refractivity contribution in [1.29, 1.82) is 5.26 Å². The summed E-state index contributed by atoms with van der Waals surface area (Å²) in [5.41, 5.74) is 3.52. The molecule has 2 amide bonds. The number of aromatic nitrogens is 2. The van der Waals surface area contributed by atoms with Gasteiger partial charge >= 0.3 is 6.09 Å². The average Bonchev–Trinajstić information content (AvgIpc) is 3.54. The average molecular weight is 441 g/mol. The fraction of sp³-hybridized carbons (Fsp3) is 0.280. The number of ether oxygens (including phenoxy) is 1. The molecule has 5 rings (SSSR count). The molecule has 1 aromatic heterocycles. The van der Waals surface area contributed by atoms with Crippen molar-refractivity contribution in [1.82, 2.24) is 9.78 Å². The minimum absolute atomic E-state index is 0.0900. The number of hydrogen-bond acceptors (Lipinski definition) is 5. The van der Waals surface area contributed by atoms with Crippen molar-refractivity contribution >= 4 is 23.4 Å². The first-order chi connectivity index (χ1) is 15.9. The number of benzene rings is 2. The fourth-order valence-corrected chi connectivity index (χ4v) is 4.27. The summed E-state index contributed by atoms with van der Waals surface area (Å²) in [6.45, 7) is 3.71. The fourth-order valence-electron chi connectivity index (χ4n) is 4.27. The van der Waals surface area contributed by atoms with Gasteiger partial charge in [-0.3, -0.25) is 14.4 Å². The van der Waals surface area contributed by atoms with E-state index in [0.29, 0.717) is 28.7 Å². The van der Waals surface area contributed by atoms with E-state index in [4.69, 9.17) is 10.00 Å². The van der Waals surface area contributed by atoms with Gasteiger partial charge in [-0.25, -0.2) is 4.79 Å². The van der Waals surface area contributed by atoms with Gasteiger partial charge in [0.2, 0.25) is 5.91 Å². The summed E-state index contributed by atoms with van der Waals surface area (Å²) < 4.78 is 7.58. The van der Waals surface area contributed by atoms with Gasteiger partial charge in [0.25, 0.3) is 0 Å². The maximum Gasteiger partial charge on any atom is 0.419 e. The summed E-state index contributed by atoms with van der Waals surface area (Å²) >= 11 is 0. The molecular weight excluding hydrogens is 418 g/mol. The molecule has 8 nitrogen and oxygen atoms in total. The molecular formula is C25H23N5O3. The lowest BCUT2D eigenvalue weighted by Crippen LogP contribution is -2.52. The number of fused-ring (bicyclic) bond motifs is 1. The third-order valence-corrected chi connectivity index (χ3v) is 6.00. The van der Waals surface area contributed by atoms with Gasteiger partial charge in [-0.2, -0.15) is 10.4 Å². The van der Waals surface area contributed by atoms with Gasteiger partial charge in [-0.05, 0) is 55.7 Å². The molecule has 1 fully saturated rings. The minimum atomic E-state index is -0.563. The second-order valence-corrected chi connectivity index (χ2v) is 8.50. The molecule has 33 heavy (non-hydrogen) atoms. The highest BCUT2D eigenvalue weighted by Gasteiger charge is 2.35. The number of carbonyl (C=O) groups excluding carboxylic acids is 2. The number of hydrogen-bond donors (Lipinski definition) is 0. The Bertz CT molecular complexity index is 1290. The molecule has 1 atom stereocenters. The third kappa shape index (κ3) is 3.94. The molecule has 0 spiro atoms. The second-order valence-electron chi connectivity index (χ2n) is 8.50. The largest absolute Gasteiger partial charge is 0.419 e. The molecule has 8 heteroatoms. The lowest BCUT2D eigenvalue weighted by molar-refractivity contribution is -0.117. The smallest absolute Gasteiger partial charge is 0.410 e. The van der Waals surface area contributed by atoms with Crippen molar-refractivity contribution in [3.05, 3.63) is 60.4 Å². The molecule has 166 valence electrons. The molecule has 3 aromatic rings. The summed E-state index contributed by atoms with van der Waals surface area (Å²) in [5, 5.41) is 13.6. The SMILES string of the molecule is CC(=O)N1c2ccc(-c3cnn(C4CC4)c3)cc2N(C(=O)Oc2cccc(C#N)c2)C[C@@H]1C. The highest BCUT2D eigenvalue weighted by Crippen LogP contribution is 2.40. The molecule has 0 unspecified atom stereocenters. The van der Waals surface area contributed by atoms with E-state index in [1.54, 1.807) is 28.0 Å². The van der Waals surface area contributed by atoms with Gasteiger partial charge in [-0.15, -0.1) is 0 Å². The van der Waals surface area contributed by atoms with E-state index < -0.39 is 6.09 Å². The zero-order valence-electron chi connectivity index (χ0n) is 18.4. The van der Waals surface area contributed by atoms with Crippen LogP contribution in [-0.4, -0.2) is 34.4 Å². The quantitative estimate of drug-likeness (QED) is 0.596. The highest BCUT2D eigenvalue weighted by molar-refractivity contribution is 6.03. The van der Waals surface area contributed by atoms with Crippen molar-refractivity contribution in [2.24, 2.45) is 0 Å². The Morgan fingerprint density at radius 1 is 1.12 bits per heavy atom. The first-order valence-corrected chi connectivity index (χ1v) is 10.9. The van der Waals surface area contributed by atoms with Gasteiger partial charge in [-0.1, -0.05) is 12.1 Å². The monoisotopic (exact) mass is 441 g/mol. The molecule has 0 saturated heterocycles. The Hall–Kier alpha value is -4.12. The maximum absolute atomic E-state index is 13.2. The zero-order chi connectivity index (χ0) is 23.1. The van der Waals surface area contributed by atoms with Crippen LogP contribution in [0.15, 0.2) is 54.9 Å². The van der Waals surface area contributed by atoms with E-state index >= 15 is 0 Å². The Labute approximate surface area is 191 Å². The van der Waals surface area contributed by atoms with Crippen LogP contribution in [0, 0.1) is 11.3 Å². The first kappa shape index (κ1) is 20.8. The van der Waals surface area contributed by atoms with Crippen LogP contribution in [0.25, 0.3) is 11.1 Å². The molecule has 0 radical (unpaired) electrons. The summed E-state index contributed by atoms with van der Waals surface area (Å²) in [4.78, 5) is 28.8. The van der Waals surface area contributed by atoms with Crippen LogP contribution < -0.4 is 14.5 Å². The number of nitriles is 1. The summed E-state index contributed by atoms with van der Waals surface area (Å²) in [7, 11) is 0. The molecule has 2 heterocycles. The predicted molar refractivity (Wildman–Crippen MR) is 123 cm³/mol. The van der Waals surface area contributed by atoms with Crippen LogP contribution in [0.4, 0.5) is 16.2 Å². The van der Waals surface area contributed by atoms with Crippen molar-refractivity contribution in [3.8, 4) is 22.9 Å². The molecule has 2 aliphatic rings. The third-order valence-electron chi connectivity index (χ3n) is 6.00. The Morgan fingerprint density at radius 3 is 2.67 bits per heavy atom. The van der Waals surface area contributed by atoms with Crippen LogP contribution >= 0.6 is 0 Å². The molecule has 0 bridgehead atoms. The minimum Gasteiger partial charge on any atom is -0.410 e. The molecule has 2 aromatic carbocycles. The van der Waals surface area contributed by atoms with E-state index in [1.165, 1.54) is 13.0 Å². The first-order valence-electron chi connectivity index (χ1n) is 10.9. The summed E-state index contributed by atoms with van der Waals surface area (Å²) in [6.07, 6.45) is 5.56. The molecule has 1 saturated carbocycles. The summed E-state index contributed by atoms with van der Waals surface area (Å²) in [6, 6.07) is 14.5. The summed E-state index contributed by atoms with van der Waals surface area (Å²) in [5.74, 6) is 0.205. The van der Waals surface area contributed by atoms with Gasteiger partial charge in [0.1, 0.15) is 5.75 Å². The van der Waals surface area contributed by atoms with E-state index in [0.717, 1.165) is 24.0 Å². The molecule has 0 N–H and O–H groups in total. The molecule has 1 aliphatic carbocycles. The Kier molecular flexibility index (Phi) is 5.09. The number of nitrogens with zero attached hydrogens (tertiary/aromatic N) is 5. The van der Waals surface area contributed by atoms with E-state index in [-0.39, 0.29) is 18.5 Å². The van der Waals surface area contributed by atoms with Crippen LogP contribution in [0.5, 0.6) is 5.75 Å². The molecule has 1 aliphatic heterocycles. The van der Waals surface area contributed by atoms with Crippen molar-refractivity contribution in [2.45, 2.75) is 38.8 Å². The van der Waals surface area contributed by atoms with Crippen LogP contribution in [-0.2, 0) is 4.79 Å². The van der Waals surface area contributed by atoms with Crippen LogP contribution in [0.3, 0.4) is 0 Å². The zero-order valence-corrected chi connectivity index (χ0v) is 18.4. The van der Waals surface area contributed by atoms with E-state index in [9.17, 15) is 9.59 Å². The van der Waals surface area contributed by atoms with Crippen LogP contribution in [0.2, 0.25) is 0 Å². The number of amides is 2. The Balaban J connectivity index is 1.52. The van der Waals surface area contributed by atoms with E-state index in [1.807, 2.05) is 48.3 Å². The van der Waals surface area contributed by atoms with Crippen molar-refractivity contribution < 1.29 is 14.3 Å².